The number of hydrogen-bond acceptors (Lipinski definition) is 5. The molecule has 23 heavy (non-hydrogen) atoms. The highest BCUT2D eigenvalue weighted by Gasteiger charge is 2.18. The van der Waals surface area contributed by atoms with E-state index in [0.29, 0.717) is 36.8 Å². The van der Waals surface area contributed by atoms with Crippen molar-refractivity contribution in [3.8, 4) is 5.75 Å². The van der Waals surface area contributed by atoms with E-state index in [9.17, 15) is 9.59 Å². The van der Waals surface area contributed by atoms with Crippen LogP contribution in [0.2, 0.25) is 0 Å². The van der Waals surface area contributed by atoms with Gasteiger partial charge in [-0.2, -0.15) is 0 Å². The van der Waals surface area contributed by atoms with Gasteiger partial charge in [0.25, 0.3) is 0 Å². The number of methoxy groups -OCH3 is 1. The largest absolute Gasteiger partial charge is 0.497 e. The quantitative estimate of drug-likeness (QED) is 0.752. The van der Waals surface area contributed by atoms with Crippen molar-refractivity contribution in [1.29, 1.82) is 0 Å². The van der Waals surface area contributed by atoms with Gasteiger partial charge in [0.15, 0.2) is 0 Å². The van der Waals surface area contributed by atoms with Crippen LogP contribution in [0.4, 0.5) is 11.4 Å². The van der Waals surface area contributed by atoms with Crippen LogP contribution < -0.4 is 20.7 Å². The number of anilines is 2. The smallest absolute Gasteiger partial charge is 0.226 e. The summed E-state index contributed by atoms with van der Waals surface area (Å²) in [5.41, 5.74) is 1.05. The first-order valence-corrected chi connectivity index (χ1v) is 7.15. The third-order valence-corrected chi connectivity index (χ3v) is 3.24. The van der Waals surface area contributed by atoms with Crippen molar-refractivity contribution < 1.29 is 19.1 Å². The van der Waals surface area contributed by atoms with Crippen molar-refractivity contribution >= 4 is 35.6 Å². The van der Waals surface area contributed by atoms with Crippen LogP contribution in [-0.4, -0.2) is 44.7 Å². The summed E-state index contributed by atoms with van der Waals surface area (Å²) < 4.78 is 10.5. The Labute approximate surface area is 141 Å². The highest BCUT2D eigenvalue weighted by Crippen LogP contribution is 2.27. The van der Waals surface area contributed by atoms with Gasteiger partial charge in [-0.15, -0.1) is 12.4 Å². The third kappa shape index (κ3) is 6.05. The zero-order chi connectivity index (χ0) is 15.9. The van der Waals surface area contributed by atoms with E-state index in [1.807, 2.05) is 0 Å². The summed E-state index contributed by atoms with van der Waals surface area (Å²) in [6, 6.07) is 5.09. The second-order valence-corrected chi connectivity index (χ2v) is 5.07. The molecule has 1 aromatic carbocycles. The van der Waals surface area contributed by atoms with Crippen LogP contribution in [0.1, 0.15) is 13.3 Å². The van der Waals surface area contributed by atoms with Crippen LogP contribution in [0.15, 0.2) is 18.2 Å². The van der Waals surface area contributed by atoms with E-state index in [1.165, 1.54) is 6.92 Å². The lowest BCUT2D eigenvalue weighted by Crippen LogP contribution is -2.43. The molecule has 1 aliphatic rings. The normalized spacial score (nSPS) is 16.9. The molecule has 0 aliphatic carbocycles. The Kier molecular flexibility index (Phi) is 7.80. The van der Waals surface area contributed by atoms with Gasteiger partial charge in [-0.05, 0) is 12.1 Å². The standard InChI is InChI=1S/C15H21N3O4.ClH/c1-10(19)17-13-4-3-12(21-2)8-14(13)18-15(20)7-11-9-22-6-5-16-11;/h3-4,8,11,16H,5-7,9H2,1-2H3,(H,17,19)(H,18,20);1H. The minimum absolute atomic E-state index is 0. The van der Waals surface area contributed by atoms with Crippen molar-refractivity contribution in [3.05, 3.63) is 18.2 Å². The molecule has 0 radical (unpaired) electrons. The molecule has 128 valence electrons. The Morgan fingerprint density at radius 3 is 2.74 bits per heavy atom. The average molecular weight is 344 g/mol. The monoisotopic (exact) mass is 343 g/mol. The number of nitrogens with one attached hydrogen (secondary N) is 3. The second kappa shape index (κ2) is 9.34. The molecule has 2 rings (SSSR count). The van der Waals surface area contributed by atoms with E-state index in [-0.39, 0.29) is 30.3 Å². The maximum atomic E-state index is 12.2. The molecule has 1 saturated heterocycles. The second-order valence-electron chi connectivity index (χ2n) is 5.07. The SMILES string of the molecule is COc1ccc(NC(C)=O)c(NC(=O)CC2COCCN2)c1.Cl. The summed E-state index contributed by atoms with van der Waals surface area (Å²) >= 11 is 0. The molecule has 0 bridgehead atoms. The summed E-state index contributed by atoms with van der Waals surface area (Å²) in [6.07, 6.45) is 0.302. The number of morpholine rings is 1. The lowest BCUT2D eigenvalue weighted by Gasteiger charge is -2.23. The van der Waals surface area contributed by atoms with Crippen LogP contribution in [-0.2, 0) is 14.3 Å². The molecular weight excluding hydrogens is 322 g/mol. The van der Waals surface area contributed by atoms with Gasteiger partial charge in [-0.1, -0.05) is 0 Å². The van der Waals surface area contributed by atoms with Crippen molar-refractivity contribution in [1.82, 2.24) is 5.32 Å². The minimum Gasteiger partial charge on any atom is -0.497 e. The van der Waals surface area contributed by atoms with E-state index in [2.05, 4.69) is 16.0 Å². The Hall–Kier alpha value is -1.83. The Bertz CT molecular complexity index is 548. The first-order valence-electron chi connectivity index (χ1n) is 7.15. The molecule has 7 nitrogen and oxygen atoms in total. The molecule has 1 unspecified atom stereocenters. The number of ether oxygens (including phenoxy) is 2. The zero-order valence-corrected chi connectivity index (χ0v) is 14.0. The molecule has 1 heterocycles. The van der Waals surface area contributed by atoms with Crippen molar-refractivity contribution in [2.75, 3.05) is 37.5 Å². The molecule has 1 aliphatic heterocycles. The number of carbonyl (C=O) groups excluding carboxylic acids is 2. The Morgan fingerprint density at radius 2 is 2.13 bits per heavy atom. The maximum absolute atomic E-state index is 12.2. The fourth-order valence-electron chi connectivity index (χ4n) is 2.23. The number of halogens is 1. The van der Waals surface area contributed by atoms with Gasteiger partial charge in [0.1, 0.15) is 5.75 Å². The van der Waals surface area contributed by atoms with Gasteiger partial charge in [-0.3, -0.25) is 9.59 Å². The predicted molar refractivity (Wildman–Crippen MR) is 90.4 cm³/mol. The van der Waals surface area contributed by atoms with Crippen molar-refractivity contribution in [2.24, 2.45) is 0 Å². The van der Waals surface area contributed by atoms with E-state index in [4.69, 9.17) is 9.47 Å². The third-order valence-electron chi connectivity index (χ3n) is 3.24. The van der Waals surface area contributed by atoms with E-state index < -0.39 is 0 Å². The van der Waals surface area contributed by atoms with E-state index in [1.54, 1.807) is 25.3 Å². The molecule has 1 aromatic rings. The molecular formula is C15H22ClN3O4. The molecule has 2 amide bonds. The average Bonchev–Trinajstić information content (AvgIpc) is 2.49. The number of carbonyl (C=O) groups is 2. The van der Waals surface area contributed by atoms with E-state index in [0.717, 1.165) is 6.54 Å². The van der Waals surface area contributed by atoms with Crippen LogP contribution in [0.5, 0.6) is 5.75 Å². The summed E-state index contributed by atoms with van der Waals surface area (Å²) in [5, 5.41) is 8.72. The van der Waals surface area contributed by atoms with Gasteiger partial charge in [-0.25, -0.2) is 0 Å². The molecule has 8 heteroatoms. The van der Waals surface area contributed by atoms with Gasteiger partial charge < -0.3 is 25.4 Å². The van der Waals surface area contributed by atoms with Gasteiger partial charge in [0.2, 0.25) is 11.8 Å². The minimum atomic E-state index is -0.206. The van der Waals surface area contributed by atoms with Crippen molar-refractivity contribution in [2.45, 2.75) is 19.4 Å². The fraction of sp³-hybridized carbons (Fsp3) is 0.467. The van der Waals surface area contributed by atoms with Crippen molar-refractivity contribution in [3.63, 3.8) is 0 Å². The van der Waals surface area contributed by atoms with Gasteiger partial charge in [0.05, 0.1) is 31.7 Å². The highest BCUT2D eigenvalue weighted by atomic mass is 35.5. The molecule has 0 aromatic heterocycles. The predicted octanol–water partition coefficient (Wildman–Crippen LogP) is 1.39. The summed E-state index contributed by atoms with van der Waals surface area (Å²) in [5.74, 6) is 0.245. The molecule has 3 N–H and O–H groups in total. The highest BCUT2D eigenvalue weighted by molar-refractivity contribution is 5.99. The summed E-state index contributed by atoms with van der Waals surface area (Å²) in [6.45, 7) is 3.35. The maximum Gasteiger partial charge on any atom is 0.226 e. The molecule has 0 spiro atoms. The number of hydrogen-bond donors (Lipinski definition) is 3. The first-order chi connectivity index (χ1) is 10.6. The van der Waals surface area contributed by atoms with Gasteiger partial charge in [0, 0.05) is 32.0 Å². The number of rotatable bonds is 5. The van der Waals surface area contributed by atoms with Crippen LogP contribution >= 0.6 is 12.4 Å². The Morgan fingerprint density at radius 1 is 1.35 bits per heavy atom. The summed E-state index contributed by atoms with van der Waals surface area (Å²) in [7, 11) is 1.54. The zero-order valence-electron chi connectivity index (χ0n) is 13.2. The lowest BCUT2D eigenvalue weighted by molar-refractivity contribution is -0.117. The first kappa shape index (κ1) is 19.2. The Balaban J connectivity index is 0.00000264. The molecule has 0 saturated carbocycles. The van der Waals surface area contributed by atoms with Crippen LogP contribution in [0, 0.1) is 0 Å². The number of benzene rings is 1. The topological polar surface area (TPSA) is 88.7 Å². The van der Waals surface area contributed by atoms with Gasteiger partial charge >= 0.3 is 0 Å². The van der Waals surface area contributed by atoms with Crippen LogP contribution in [0.25, 0.3) is 0 Å². The van der Waals surface area contributed by atoms with E-state index >= 15 is 0 Å². The lowest BCUT2D eigenvalue weighted by atomic mass is 10.1. The molecule has 1 atom stereocenters. The van der Waals surface area contributed by atoms with Crippen LogP contribution in [0.3, 0.4) is 0 Å². The number of amides is 2. The molecule has 1 fully saturated rings. The fourth-order valence-corrected chi connectivity index (χ4v) is 2.23. The summed E-state index contributed by atoms with van der Waals surface area (Å²) in [4.78, 5) is 23.4.